The number of carbonyl (C=O) groups excluding carboxylic acids is 2. The van der Waals surface area contributed by atoms with Gasteiger partial charge in [-0.2, -0.15) is 0 Å². The molecule has 1 aliphatic heterocycles. The second-order valence-electron chi connectivity index (χ2n) is 3.70. The van der Waals surface area contributed by atoms with E-state index in [1.165, 1.54) is 0 Å². The molecule has 15 heavy (non-hydrogen) atoms. The zero-order chi connectivity index (χ0) is 11.1. The standard InChI is InChI=1S/C11H17NO3/c1-9-8-15-11(14)7-5-3-2-4-6-10(13)12-9/h2-3,9H,4-8H2,1H3,(H,12,13)/t9-/m1/s1. The molecule has 0 saturated carbocycles. The number of esters is 1. The average Bonchev–Trinajstić information content (AvgIpc) is 2.18. The first-order valence-electron chi connectivity index (χ1n) is 5.28. The number of amides is 1. The van der Waals surface area contributed by atoms with E-state index in [4.69, 9.17) is 4.74 Å². The lowest BCUT2D eigenvalue weighted by molar-refractivity contribution is -0.144. The van der Waals surface area contributed by atoms with E-state index < -0.39 is 0 Å². The maximum Gasteiger partial charge on any atom is 0.306 e. The topological polar surface area (TPSA) is 55.4 Å². The molecular weight excluding hydrogens is 194 g/mol. The summed E-state index contributed by atoms with van der Waals surface area (Å²) < 4.78 is 4.99. The van der Waals surface area contributed by atoms with E-state index >= 15 is 0 Å². The van der Waals surface area contributed by atoms with Crippen LogP contribution in [0.2, 0.25) is 0 Å². The first kappa shape index (κ1) is 11.8. The normalized spacial score (nSPS) is 24.7. The van der Waals surface area contributed by atoms with Crippen molar-refractivity contribution in [2.75, 3.05) is 6.61 Å². The zero-order valence-electron chi connectivity index (χ0n) is 8.99. The summed E-state index contributed by atoms with van der Waals surface area (Å²) in [5.74, 6) is -0.204. The van der Waals surface area contributed by atoms with Crippen molar-refractivity contribution in [3.8, 4) is 0 Å². The highest BCUT2D eigenvalue weighted by molar-refractivity contribution is 5.76. The minimum atomic E-state index is -0.207. The highest BCUT2D eigenvalue weighted by Gasteiger charge is 2.10. The second kappa shape index (κ2) is 6.22. The number of carbonyl (C=O) groups is 2. The monoisotopic (exact) mass is 211 g/mol. The van der Waals surface area contributed by atoms with Gasteiger partial charge >= 0.3 is 5.97 Å². The Balaban J connectivity index is 2.48. The van der Waals surface area contributed by atoms with Crippen LogP contribution in [-0.2, 0) is 14.3 Å². The molecule has 0 bridgehead atoms. The van der Waals surface area contributed by atoms with Gasteiger partial charge in [-0.25, -0.2) is 0 Å². The number of nitrogens with one attached hydrogen (secondary N) is 1. The van der Waals surface area contributed by atoms with E-state index in [-0.39, 0.29) is 24.5 Å². The third-order valence-corrected chi connectivity index (χ3v) is 2.12. The highest BCUT2D eigenvalue weighted by Crippen LogP contribution is 2.00. The molecule has 0 unspecified atom stereocenters. The summed E-state index contributed by atoms with van der Waals surface area (Å²) in [5.41, 5.74) is 0. The summed E-state index contributed by atoms with van der Waals surface area (Å²) in [7, 11) is 0. The van der Waals surface area contributed by atoms with Crippen molar-refractivity contribution >= 4 is 11.9 Å². The molecule has 0 fully saturated rings. The molecule has 1 atom stereocenters. The minimum Gasteiger partial charge on any atom is -0.463 e. The van der Waals surface area contributed by atoms with E-state index in [9.17, 15) is 9.59 Å². The van der Waals surface area contributed by atoms with Crippen LogP contribution < -0.4 is 5.32 Å². The smallest absolute Gasteiger partial charge is 0.306 e. The SMILES string of the molecule is C[C@@H]1COC(=O)CCC=CCCC(=O)N1. The molecule has 0 aromatic heterocycles. The molecule has 0 saturated heterocycles. The van der Waals surface area contributed by atoms with Crippen molar-refractivity contribution in [1.29, 1.82) is 0 Å². The number of hydrogen-bond acceptors (Lipinski definition) is 3. The predicted molar refractivity (Wildman–Crippen MR) is 56.2 cm³/mol. The molecule has 4 heteroatoms. The Morgan fingerprint density at radius 1 is 1.27 bits per heavy atom. The first-order chi connectivity index (χ1) is 7.18. The lowest BCUT2D eigenvalue weighted by Crippen LogP contribution is -2.36. The molecule has 0 radical (unpaired) electrons. The maximum atomic E-state index is 11.3. The Morgan fingerprint density at radius 3 is 2.67 bits per heavy atom. The van der Waals surface area contributed by atoms with E-state index in [1.54, 1.807) is 0 Å². The largest absolute Gasteiger partial charge is 0.463 e. The number of rotatable bonds is 0. The fourth-order valence-electron chi connectivity index (χ4n) is 1.33. The van der Waals surface area contributed by atoms with Gasteiger partial charge in [0, 0.05) is 12.8 Å². The van der Waals surface area contributed by atoms with Gasteiger partial charge in [0.2, 0.25) is 5.91 Å². The molecule has 0 aliphatic carbocycles. The van der Waals surface area contributed by atoms with Gasteiger partial charge < -0.3 is 10.1 Å². The molecule has 0 aromatic carbocycles. The summed E-state index contributed by atoms with van der Waals surface area (Å²) in [5, 5.41) is 2.77. The third kappa shape index (κ3) is 5.20. The van der Waals surface area contributed by atoms with Crippen LogP contribution in [0.15, 0.2) is 12.2 Å². The van der Waals surface area contributed by atoms with Crippen LogP contribution >= 0.6 is 0 Å². The van der Waals surface area contributed by atoms with Gasteiger partial charge in [0.15, 0.2) is 0 Å². The molecule has 84 valence electrons. The Kier molecular flexibility index (Phi) is 4.87. The van der Waals surface area contributed by atoms with Crippen LogP contribution in [-0.4, -0.2) is 24.5 Å². The second-order valence-corrected chi connectivity index (χ2v) is 3.70. The van der Waals surface area contributed by atoms with Gasteiger partial charge in [-0.1, -0.05) is 12.2 Å². The van der Waals surface area contributed by atoms with E-state index in [0.717, 1.165) is 6.42 Å². The van der Waals surface area contributed by atoms with Crippen molar-refractivity contribution in [3.05, 3.63) is 12.2 Å². The van der Waals surface area contributed by atoms with Gasteiger partial charge in [0.25, 0.3) is 0 Å². The lowest BCUT2D eigenvalue weighted by Gasteiger charge is -2.14. The lowest BCUT2D eigenvalue weighted by atomic mass is 10.2. The molecule has 1 N–H and O–H groups in total. The van der Waals surface area contributed by atoms with Gasteiger partial charge in [-0.05, 0) is 19.8 Å². The molecule has 0 aromatic rings. The summed E-state index contributed by atoms with van der Waals surface area (Å²) in [4.78, 5) is 22.5. The van der Waals surface area contributed by atoms with Crippen LogP contribution in [0.4, 0.5) is 0 Å². The Morgan fingerprint density at radius 2 is 1.93 bits per heavy atom. The van der Waals surface area contributed by atoms with Gasteiger partial charge in [0.05, 0.1) is 6.04 Å². The summed E-state index contributed by atoms with van der Waals surface area (Å²) in [6, 6.07) is -0.107. The molecule has 4 nitrogen and oxygen atoms in total. The van der Waals surface area contributed by atoms with E-state index in [2.05, 4.69) is 5.32 Å². The number of hydrogen-bond donors (Lipinski definition) is 1. The minimum absolute atomic E-state index is 0.00349. The predicted octanol–water partition coefficient (Wildman–Crippen LogP) is 1.16. The van der Waals surface area contributed by atoms with Crippen LogP contribution in [0.5, 0.6) is 0 Å². The fraction of sp³-hybridized carbons (Fsp3) is 0.636. The van der Waals surface area contributed by atoms with Crippen LogP contribution in [0.3, 0.4) is 0 Å². The van der Waals surface area contributed by atoms with Crippen LogP contribution in [0, 0.1) is 0 Å². The number of ether oxygens (including phenoxy) is 1. The van der Waals surface area contributed by atoms with Gasteiger partial charge in [-0.3, -0.25) is 9.59 Å². The molecule has 1 aliphatic rings. The molecular formula is C11H17NO3. The quantitative estimate of drug-likeness (QED) is 0.483. The van der Waals surface area contributed by atoms with E-state index in [1.807, 2.05) is 19.1 Å². The Hall–Kier alpha value is -1.32. The van der Waals surface area contributed by atoms with Crippen molar-refractivity contribution in [3.63, 3.8) is 0 Å². The first-order valence-corrected chi connectivity index (χ1v) is 5.28. The summed E-state index contributed by atoms with van der Waals surface area (Å²) in [6.07, 6.45) is 6.17. The molecule has 1 heterocycles. The Bertz CT molecular complexity index is 261. The van der Waals surface area contributed by atoms with Crippen molar-refractivity contribution in [1.82, 2.24) is 5.32 Å². The van der Waals surface area contributed by atoms with Crippen molar-refractivity contribution < 1.29 is 14.3 Å². The summed E-state index contributed by atoms with van der Waals surface area (Å²) in [6.45, 7) is 2.08. The summed E-state index contributed by atoms with van der Waals surface area (Å²) >= 11 is 0. The maximum absolute atomic E-state index is 11.3. The van der Waals surface area contributed by atoms with E-state index in [0.29, 0.717) is 19.3 Å². The number of allylic oxidation sites excluding steroid dienone is 2. The highest BCUT2D eigenvalue weighted by atomic mass is 16.5. The van der Waals surface area contributed by atoms with Crippen LogP contribution in [0.1, 0.15) is 32.6 Å². The zero-order valence-corrected chi connectivity index (χ0v) is 8.99. The van der Waals surface area contributed by atoms with Crippen LogP contribution in [0.25, 0.3) is 0 Å². The van der Waals surface area contributed by atoms with Crippen molar-refractivity contribution in [2.45, 2.75) is 38.6 Å². The Labute approximate surface area is 89.7 Å². The average molecular weight is 211 g/mol. The fourth-order valence-corrected chi connectivity index (χ4v) is 1.33. The molecule has 0 spiro atoms. The molecule has 1 amide bonds. The molecule has 1 rings (SSSR count). The van der Waals surface area contributed by atoms with Gasteiger partial charge in [-0.15, -0.1) is 0 Å². The third-order valence-electron chi connectivity index (χ3n) is 2.12. The van der Waals surface area contributed by atoms with Crippen molar-refractivity contribution in [2.24, 2.45) is 0 Å². The van der Waals surface area contributed by atoms with Gasteiger partial charge in [0.1, 0.15) is 6.61 Å². The number of cyclic esters (lactones) is 1.